The summed E-state index contributed by atoms with van der Waals surface area (Å²) in [6.45, 7) is 3.05. The number of aromatic amines is 1. The molecule has 1 N–H and O–H groups in total. The van der Waals surface area contributed by atoms with Crippen LogP contribution in [0.15, 0.2) is 29.4 Å². The number of halogens is 1. The lowest BCUT2D eigenvalue weighted by molar-refractivity contribution is -0.207. The van der Waals surface area contributed by atoms with Gasteiger partial charge in [0, 0.05) is 43.4 Å². The Morgan fingerprint density at radius 3 is 2.59 bits per heavy atom. The van der Waals surface area contributed by atoms with Crippen LogP contribution in [-0.4, -0.2) is 71.9 Å². The molecule has 3 heterocycles. The third-order valence-corrected chi connectivity index (χ3v) is 9.65. The highest BCUT2D eigenvalue weighted by molar-refractivity contribution is 7.90. The number of carbonyl (C=O) groups excluding carboxylic acids is 1. The maximum atomic E-state index is 12.9. The number of rotatable bonds is 4. The summed E-state index contributed by atoms with van der Waals surface area (Å²) in [6, 6.07) is 5.41. The van der Waals surface area contributed by atoms with Crippen LogP contribution in [0.5, 0.6) is 0 Å². The fraction of sp³-hybridized carbons (Fsp3) is 0.591. The molecular weight excluding hydrogens is 450 g/mol. The Morgan fingerprint density at radius 2 is 1.94 bits per heavy atom. The van der Waals surface area contributed by atoms with Crippen molar-refractivity contribution in [1.82, 2.24) is 25.0 Å². The molecule has 32 heavy (non-hydrogen) atoms. The number of carbonyl (C=O) groups is 1. The first-order chi connectivity index (χ1) is 15.2. The van der Waals surface area contributed by atoms with Crippen LogP contribution in [0.25, 0.3) is 0 Å². The van der Waals surface area contributed by atoms with Gasteiger partial charge < -0.3 is 9.80 Å². The fourth-order valence-electron chi connectivity index (χ4n) is 6.62. The number of nitrogens with one attached hydrogen (secondary N) is 1. The minimum Gasteiger partial charge on any atom is -0.324 e. The number of H-pyrrole nitrogens is 1. The van der Waals surface area contributed by atoms with Gasteiger partial charge in [-0.1, -0.05) is 17.7 Å². The molecule has 1 aromatic heterocycles. The van der Waals surface area contributed by atoms with Gasteiger partial charge in [0.1, 0.15) is 12.2 Å². The summed E-state index contributed by atoms with van der Waals surface area (Å²) in [6.07, 6.45) is 6.70. The number of benzene rings is 1. The Balaban J connectivity index is 1.07. The Labute approximate surface area is 192 Å². The van der Waals surface area contributed by atoms with Gasteiger partial charge in [-0.3, -0.25) is 5.10 Å². The highest BCUT2D eigenvalue weighted by Gasteiger charge is 2.72. The van der Waals surface area contributed by atoms with Gasteiger partial charge in [0.2, 0.25) is 0 Å². The van der Waals surface area contributed by atoms with Gasteiger partial charge in [0.25, 0.3) is 0 Å². The van der Waals surface area contributed by atoms with E-state index in [1.807, 2.05) is 15.9 Å². The predicted molar refractivity (Wildman–Crippen MR) is 118 cm³/mol. The van der Waals surface area contributed by atoms with Gasteiger partial charge in [0.05, 0.1) is 4.90 Å². The van der Waals surface area contributed by atoms with Crippen LogP contribution >= 0.6 is 11.6 Å². The molecule has 0 spiro atoms. The summed E-state index contributed by atoms with van der Waals surface area (Å²) in [5, 5.41) is 7.29. The van der Waals surface area contributed by atoms with Crippen molar-refractivity contribution < 1.29 is 13.2 Å². The van der Waals surface area contributed by atoms with Gasteiger partial charge >= 0.3 is 6.03 Å². The number of amides is 2. The van der Waals surface area contributed by atoms with E-state index in [1.54, 1.807) is 12.1 Å². The van der Waals surface area contributed by atoms with Gasteiger partial charge in [0.15, 0.2) is 9.84 Å². The van der Waals surface area contributed by atoms with Crippen molar-refractivity contribution in [2.45, 2.75) is 41.9 Å². The van der Waals surface area contributed by atoms with E-state index in [-0.39, 0.29) is 22.8 Å². The molecule has 3 aliphatic carbocycles. The molecule has 2 aromatic rings. The largest absolute Gasteiger partial charge is 0.324 e. The third kappa shape index (κ3) is 2.93. The van der Waals surface area contributed by atoms with Gasteiger partial charge in [-0.05, 0) is 60.1 Å². The van der Waals surface area contributed by atoms with Gasteiger partial charge in [-0.15, -0.1) is 0 Å². The molecule has 1 aromatic carbocycles. The number of hydrogen-bond acceptors (Lipinski definition) is 5. The Bertz CT molecular complexity index is 1170. The third-order valence-electron chi connectivity index (χ3n) is 8.28. The molecule has 8 nitrogen and oxygen atoms in total. The van der Waals surface area contributed by atoms with E-state index in [2.05, 4.69) is 15.2 Å². The molecule has 5 fully saturated rings. The molecule has 0 radical (unpaired) electrons. The van der Waals surface area contributed by atoms with Crippen molar-refractivity contribution in [1.29, 1.82) is 0 Å². The summed E-state index contributed by atoms with van der Waals surface area (Å²) in [5.41, 5.74) is 1.15. The lowest BCUT2D eigenvalue weighted by atomic mass is 9.30. The van der Waals surface area contributed by atoms with Crippen molar-refractivity contribution >= 4 is 27.5 Å². The second-order valence-corrected chi connectivity index (χ2v) is 12.7. The highest BCUT2D eigenvalue weighted by atomic mass is 35.5. The quantitative estimate of drug-likeness (QED) is 0.733. The lowest BCUT2D eigenvalue weighted by Gasteiger charge is -2.76. The predicted octanol–water partition coefficient (Wildman–Crippen LogP) is 2.82. The zero-order chi connectivity index (χ0) is 22.3. The van der Waals surface area contributed by atoms with Crippen LogP contribution in [0.1, 0.15) is 43.0 Å². The van der Waals surface area contributed by atoms with Crippen LogP contribution in [0.4, 0.5) is 4.79 Å². The molecule has 1 atom stereocenters. The first kappa shape index (κ1) is 20.5. The summed E-state index contributed by atoms with van der Waals surface area (Å²) in [5.74, 6) is 1.60. The standard InChI is InChI=1S/C22H26ClN5O3S/c1-32(30,31)18-6-16(23)2-3-17(18)22-10-21(11-22,12-22)15-8-28(9-15)20(29)27-5-4-14(7-27)19-24-13-25-26-19/h2-3,6,13-15H,4-5,7-12H2,1H3,(H,24,25,26)/t14-,21?,22?/m0/s1. The maximum absolute atomic E-state index is 12.9. The molecule has 7 rings (SSSR count). The number of likely N-dealkylation sites (tertiary alicyclic amines) is 2. The van der Waals surface area contributed by atoms with Crippen LogP contribution < -0.4 is 0 Å². The average Bonchev–Trinajstić information content (AvgIpc) is 3.32. The summed E-state index contributed by atoms with van der Waals surface area (Å²) >= 11 is 6.08. The molecule has 2 saturated heterocycles. The monoisotopic (exact) mass is 475 g/mol. The maximum Gasteiger partial charge on any atom is 0.320 e. The van der Waals surface area contributed by atoms with E-state index in [1.165, 1.54) is 12.6 Å². The molecule has 170 valence electrons. The number of hydrogen-bond donors (Lipinski definition) is 1. The molecule has 2 bridgehead atoms. The molecule has 0 unspecified atom stereocenters. The molecule has 2 amide bonds. The van der Waals surface area contributed by atoms with Crippen molar-refractivity contribution in [3.8, 4) is 0 Å². The number of sulfone groups is 1. The number of aromatic nitrogens is 3. The summed E-state index contributed by atoms with van der Waals surface area (Å²) < 4.78 is 24.6. The minimum absolute atomic E-state index is 0.0350. The smallest absolute Gasteiger partial charge is 0.320 e. The van der Waals surface area contributed by atoms with Crippen LogP contribution in [-0.2, 0) is 15.3 Å². The van der Waals surface area contributed by atoms with E-state index < -0.39 is 9.84 Å². The van der Waals surface area contributed by atoms with Crippen molar-refractivity contribution in [3.05, 3.63) is 40.9 Å². The second kappa shape index (κ2) is 6.70. The Hall–Kier alpha value is -2.13. The average molecular weight is 476 g/mol. The van der Waals surface area contributed by atoms with Gasteiger partial charge in [-0.25, -0.2) is 18.2 Å². The zero-order valence-electron chi connectivity index (χ0n) is 17.9. The Morgan fingerprint density at radius 1 is 1.19 bits per heavy atom. The normalized spacial score (nSPS) is 31.8. The highest BCUT2D eigenvalue weighted by Crippen LogP contribution is 2.77. The van der Waals surface area contributed by atoms with E-state index in [9.17, 15) is 13.2 Å². The van der Waals surface area contributed by atoms with Crippen LogP contribution in [0, 0.1) is 11.3 Å². The minimum atomic E-state index is -3.33. The van der Waals surface area contributed by atoms with E-state index in [0.29, 0.717) is 22.4 Å². The molecule has 10 heteroatoms. The van der Waals surface area contributed by atoms with Gasteiger partial charge in [-0.2, -0.15) is 5.10 Å². The topological polar surface area (TPSA) is 99.3 Å². The van der Waals surface area contributed by atoms with E-state index >= 15 is 0 Å². The Kier molecular flexibility index (Phi) is 4.28. The molecule has 2 aliphatic heterocycles. The van der Waals surface area contributed by atoms with Crippen molar-refractivity contribution in [2.75, 3.05) is 32.4 Å². The lowest BCUT2D eigenvalue weighted by Crippen LogP contribution is -2.73. The fourth-order valence-corrected chi connectivity index (χ4v) is 7.88. The molecule has 5 aliphatic rings. The number of nitrogens with zero attached hydrogens (tertiary/aromatic N) is 4. The van der Waals surface area contributed by atoms with E-state index in [4.69, 9.17) is 11.6 Å². The summed E-state index contributed by atoms with van der Waals surface area (Å²) in [4.78, 5) is 21.4. The first-order valence-corrected chi connectivity index (χ1v) is 13.4. The van der Waals surface area contributed by atoms with E-state index in [0.717, 1.165) is 56.7 Å². The van der Waals surface area contributed by atoms with Crippen molar-refractivity contribution in [3.63, 3.8) is 0 Å². The molecule has 3 saturated carbocycles. The SMILES string of the molecule is CS(=O)(=O)c1cc(Cl)ccc1C12CC(C3CN(C(=O)N4CC[C@H](c5ncn[nH]5)C4)C3)(C1)C2. The first-order valence-electron chi connectivity index (χ1n) is 11.1. The molecular formula is C22H26ClN5O3S. The number of urea groups is 1. The zero-order valence-corrected chi connectivity index (χ0v) is 19.5. The summed E-state index contributed by atoms with van der Waals surface area (Å²) in [7, 11) is -3.33. The van der Waals surface area contributed by atoms with Crippen LogP contribution in [0.3, 0.4) is 0 Å². The van der Waals surface area contributed by atoms with Crippen LogP contribution in [0.2, 0.25) is 5.02 Å². The van der Waals surface area contributed by atoms with Crippen molar-refractivity contribution in [2.24, 2.45) is 11.3 Å². The second-order valence-electron chi connectivity index (χ2n) is 10.3.